The summed E-state index contributed by atoms with van der Waals surface area (Å²) in [6.45, 7) is 0.646. The summed E-state index contributed by atoms with van der Waals surface area (Å²) in [7, 11) is 0. The summed E-state index contributed by atoms with van der Waals surface area (Å²) < 4.78 is 6.07. The highest BCUT2D eigenvalue weighted by atomic mass is 35.5. The minimum Gasteiger partial charge on any atom is -0.493 e. The van der Waals surface area contributed by atoms with Gasteiger partial charge in [0.25, 0.3) is 0 Å². The van der Waals surface area contributed by atoms with Crippen molar-refractivity contribution in [2.75, 3.05) is 6.61 Å². The number of hydrogen-bond donors (Lipinski definition) is 2. The first-order valence-electron chi connectivity index (χ1n) is 9.83. The first kappa shape index (κ1) is 16.8. The molecule has 1 aliphatic heterocycles. The number of hydrogen-bond acceptors (Lipinski definition) is 1. The molecular weight excluding hydrogens is 380 g/mol. The zero-order valence-corrected chi connectivity index (χ0v) is 16.5. The number of ether oxygens (including phenoxy) is 1. The standard InChI is InChI=1S/C25H19ClN2O/c26-16-9-10-24-19(13-16)25(11-12-29-24,20-14-27-22-7-3-1-5-17(20)22)21-15-28-23-8-4-2-6-18(21)23/h1-10,13-15,27-28H,11-12H2. The van der Waals surface area contributed by atoms with Gasteiger partial charge in [0.1, 0.15) is 5.75 Å². The van der Waals surface area contributed by atoms with Crippen molar-refractivity contribution in [1.29, 1.82) is 0 Å². The van der Waals surface area contributed by atoms with Crippen molar-refractivity contribution < 1.29 is 4.74 Å². The molecule has 29 heavy (non-hydrogen) atoms. The van der Waals surface area contributed by atoms with E-state index in [0.29, 0.717) is 6.61 Å². The summed E-state index contributed by atoms with van der Waals surface area (Å²) in [5, 5.41) is 3.18. The molecule has 0 saturated carbocycles. The van der Waals surface area contributed by atoms with Crippen molar-refractivity contribution in [3.05, 3.63) is 101 Å². The van der Waals surface area contributed by atoms with Gasteiger partial charge in [-0.1, -0.05) is 48.0 Å². The molecule has 1 aliphatic rings. The molecule has 0 atom stereocenters. The van der Waals surface area contributed by atoms with Crippen LogP contribution in [-0.2, 0) is 5.41 Å². The molecule has 0 saturated heterocycles. The molecule has 6 rings (SSSR count). The van der Waals surface area contributed by atoms with Gasteiger partial charge in [-0.05, 0) is 47.9 Å². The highest BCUT2D eigenvalue weighted by Gasteiger charge is 2.44. The number of benzene rings is 3. The van der Waals surface area contributed by atoms with Crippen LogP contribution in [0.3, 0.4) is 0 Å². The van der Waals surface area contributed by atoms with Crippen LogP contribution in [-0.4, -0.2) is 16.6 Å². The molecule has 0 amide bonds. The van der Waals surface area contributed by atoms with Crippen molar-refractivity contribution in [2.45, 2.75) is 11.8 Å². The summed E-state index contributed by atoms with van der Waals surface area (Å²) in [6, 6.07) is 22.9. The molecule has 142 valence electrons. The quantitative estimate of drug-likeness (QED) is 0.354. The van der Waals surface area contributed by atoms with Crippen LogP contribution >= 0.6 is 11.6 Å². The normalized spacial score (nSPS) is 15.3. The molecular formula is C25H19ClN2O. The van der Waals surface area contributed by atoms with E-state index >= 15 is 0 Å². The number of fused-ring (bicyclic) bond motifs is 3. The van der Waals surface area contributed by atoms with Gasteiger partial charge in [0.15, 0.2) is 0 Å². The van der Waals surface area contributed by atoms with E-state index in [1.165, 1.54) is 21.9 Å². The zero-order valence-electron chi connectivity index (χ0n) is 15.7. The second-order valence-corrected chi connectivity index (χ2v) is 8.08. The molecule has 0 spiro atoms. The molecule has 0 unspecified atom stereocenters. The Morgan fingerprint density at radius 2 is 1.38 bits per heavy atom. The maximum atomic E-state index is 6.49. The maximum Gasteiger partial charge on any atom is 0.123 e. The molecule has 3 aromatic carbocycles. The predicted molar refractivity (Wildman–Crippen MR) is 118 cm³/mol. The van der Waals surface area contributed by atoms with E-state index in [1.807, 2.05) is 12.1 Å². The summed E-state index contributed by atoms with van der Waals surface area (Å²) in [5.74, 6) is 0.899. The molecule has 2 N–H and O–H groups in total. The topological polar surface area (TPSA) is 40.8 Å². The highest BCUT2D eigenvalue weighted by Crippen LogP contribution is 2.52. The van der Waals surface area contributed by atoms with E-state index < -0.39 is 0 Å². The lowest BCUT2D eigenvalue weighted by Crippen LogP contribution is -2.35. The molecule has 4 heteroatoms. The summed E-state index contributed by atoms with van der Waals surface area (Å²) in [5.41, 5.74) is 5.53. The number of aromatic amines is 2. The Balaban J connectivity index is 1.77. The van der Waals surface area contributed by atoms with Crippen LogP contribution in [0.25, 0.3) is 21.8 Å². The minimum atomic E-state index is -0.363. The third-order valence-electron chi connectivity index (χ3n) is 6.23. The number of halogens is 1. The molecule has 0 fully saturated rings. The van der Waals surface area contributed by atoms with E-state index in [9.17, 15) is 0 Å². The van der Waals surface area contributed by atoms with E-state index in [-0.39, 0.29) is 5.41 Å². The van der Waals surface area contributed by atoms with Crippen LogP contribution in [0.1, 0.15) is 23.1 Å². The van der Waals surface area contributed by atoms with Gasteiger partial charge >= 0.3 is 0 Å². The Labute approximate surface area is 173 Å². The molecule has 3 nitrogen and oxygen atoms in total. The van der Waals surface area contributed by atoms with E-state index in [1.54, 1.807) is 0 Å². The van der Waals surface area contributed by atoms with Crippen LogP contribution in [0.15, 0.2) is 79.1 Å². The minimum absolute atomic E-state index is 0.363. The molecule has 0 bridgehead atoms. The number of para-hydroxylation sites is 2. The zero-order chi connectivity index (χ0) is 19.4. The predicted octanol–water partition coefficient (Wildman–Crippen LogP) is 6.42. The van der Waals surface area contributed by atoms with Gasteiger partial charge in [0, 0.05) is 44.8 Å². The second-order valence-electron chi connectivity index (χ2n) is 7.64. The second kappa shape index (κ2) is 6.16. The van der Waals surface area contributed by atoms with Gasteiger partial charge in [-0.2, -0.15) is 0 Å². The molecule has 2 aromatic heterocycles. The lowest BCUT2D eigenvalue weighted by molar-refractivity contribution is 0.253. The Bertz CT molecular complexity index is 1290. The van der Waals surface area contributed by atoms with E-state index in [0.717, 1.165) is 33.8 Å². The lowest BCUT2D eigenvalue weighted by atomic mass is 9.66. The Morgan fingerprint density at radius 1 is 0.759 bits per heavy atom. The first-order valence-corrected chi connectivity index (χ1v) is 10.2. The third kappa shape index (κ3) is 2.31. The largest absolute Gasteiger partial charge is 0.493 e. The lowest BCUT2D eigenvalue weighted by Gasteiger charge is -2.39. The fourth-order valence-electron chi connectivity index (χ4n) is 4.96. The number of nitrogens with one attached hydrogen (secondary N) is 2. The molecule has 5 aromatic rings. The van der Waals surface area contributed by atoms with Crippen molar-refractivity contribution in [2.24, 2.45) is 0 Å². The van der Waals surface area contributed by atoms with Crippen LogP contribution in [0.2, 0.25) is 5.02 Å². The van der Waals surface area contributed by atoms with Crippen LogP contribution in [0.5, 0.6) is 5.75 Å². The van der Waals surface area contributed by atoms with Crippen molar-refractivity contribution in [3.8, 4) is 5.75 Å². The SMILES string of the molecule is Clc1ccc2c(c1)C(c1c[nH]c3ccccc13)(c1c[nH]c3ccccc13)CCO2. The number of H-pyrrole nitrogens is 2. The summed E-state index contributed by atoms with van der Waals surface area (Å²) >= 11 is 6.49. The van der Waals surface area contributed by atoms with Crippen LogP contribution < -0.4 is 4.74 Å². The molecule has 3 heterocycles. The van der Waals surface area contributed by atoms with Crippen molar-refractivity contribution in [3.63, 3.8) is 0 Å². The maximum absolute atomic E-state index is 6.49. The fourth-order valence-corrected chi connectivity index (χ4v) is 5.14. The number of rotatable bonds is 2. The summed E-state index contributed by atoms with van der Waals surface area (Å²) in [4.78, 5) is 6.96. The van der Waals surface area contributed by atoms with Gasteiger partial charge < -0.3 is 14.7 Å². The van der Waals surface area contributed by atoms with Gasteiger partial charge in [0.05, 0.1) is 12.0 Å². The van der Waals surface area contributed by atoms with E-state index in [4.69, 9.17) is 16.3 Å². The average molecular weight is 399 g/mol. The van der Waals surface area contributed by atoms with Crippen LogP contribution in [0.4, 0.5) is 0 Å². The smallest absolute Gasteiger partial charge is 0.123 e. The monoisotopic (exact) mass is 398 g/mol. The van der Waals surface area contributed by atoms with Crippen molar-refractivity contribution in [1.82, 2.24) is 9.97 Å². The fraction of sp³-hybridized carbons (Fsp3) is 0.120. The van der Waals surface area contributed by atoms with Crippen LogP contribution in [0, 0.1) is 0 Å². The third-order valence-corrected chi connectivity index (χ3v) is 6.47. The Kier molecular flexibility index (Phi) is 3.56. The Hall–Kier alpha value is -3.17. The van der Waals surface area contributed by atoms with Gasteiger partial charge in [-0.3, -0.25) is 0 Å². The van der Waals surface area contributed by atoms with E-state index in [2.05, 4.69) is 77.0 Å². The number of aromatic nitrogens is 2. The summed E-state index contributed by atoms with van der Waals surface area (Å²) in [6.07, 6.45) is 5.15. The first-order chi connectivity index (χ1) is 14.3. The highest BCUT2D eigenvalue weighted by molar-refractivity contribution is 6.30. The Morgan fingerprint density at radius 3 is 2.03 bits per heavy atom. The molecule has 0 aliphatic carbocycles. The van der Waals surface area contributed by atoms with Gasteiger partial charge in [-0.15, -0.1) is 0 Å². The molecule has 0 radical (unpaired) electrons. The average Bonchev–Trinajstić information content (AvgIpc) is 3.38. The van der Waals surface area contributed by atoms with Gasteiger partial charge in [0.2, 0.25) is 0 Å². The van der Waals surface area contributed by atoms with Crippen molar-refractivity contribution >= 4 is 33.4 Å². The van der Waals surface area contributed by atoms with Gasteiger partial charge in [-0.25, -0.2) is 0 Å².